The van der Waals surface area contributed by atoms with E-state index >= 15 is 0 Å². The normalized spacial score (nSPS) is 14.9. The number of carbonyl (C=O) groups is 4. The third-order valence-corrected chi connectivity index (χ3v) is 6.56. The molecule has 2 aliphatic rings. The molecule has 0 bridgehead atoms. The standard InChI is InChI=1S/C27H19N3O4/c31-24-18-8-1-2-9-19(18)25(32)29(24)14-13-17-16-7-5-6-12-22(16)28-23(17)15-30-26(33)20-10-3-4-11-21(20)27(30)34/h1-12,28H,13-15H2. The Balaban J connectivity index is 1.31. The van der Waals surface area contributed by atoms with E-state index < -0.39 is 0 Å². The second-order valence-electron chi connectivity index (χ2n) is 8.43. The lowest BCUT2D eigenvalue weighted by Crippen LogP contribution is -2.32. The average molecular weight is 449 g/mol. The highest BCUT2D eigenvalue weighted by molar-refractivity contribution is 6.22. The number of benzene rings is 3. The van der Waals surface area contributed by atoms with Crippen LogP contribution in [0.3, 0.4) is 0 Å². The van der Waals surface area contributed by atoms with E-state index in [1.54, 1.807) is 48.5 Å². The minimum Gasteiger partial charge on any atom is -0.357 e. The van der Waals surface area contributed by atoms with Gasteiger partial charge in [0, 0.05) is 23.1 Å². The van der Waals surface area contributed by atoms with Gasteiger partial charge in [-0.15, -0.1) is 0 Å². The van der Waals surface area contributed by atoms with Crippen LogP contribution in [0, 0.1) is 0 Å². The lowest BCUT2D eigenvalue weighted by atomic mass is 10.1. The molecule has 34 heavy (non-hydrogen) atoms. The fourth-order valence-corrected chi connectivity index (χ4v) is 4.88. The van der Waals surface area contributed by atoms with Crippen LogP contribution in [-0.4, -0.2) is 45.0 Å². The summed E-state index contributed by atoms with van der Waals surface area (Å²) in [5.74, 6) is -1.26. The number of aromatic amines is 1. The summed E-state index contributed by atoms with van der Waals surface area (Å²) in [6.45, 7) is 0.280. The van der Waals surface area contributed by atoms with E-state index in [4.69, 9.17) is 0 Å². The van der Waals surface area contributed by atoms with Crippen LogP contribution in [0.5, 0.6) is 0 Å². The molecule has 0 atom stereocenters. The molecule has 2 aliphatic heterocycles. The summed E-state index contributed by atoms with van der Waals surface area (Å²) in [5.41, 5.74) is 4.09. The molecule has 166 valence electrons. The monoisotopic (exact) mass is 449 g/mol. The van der Waals surface area contributed by atoms with Crippen molar-refractivity contribution in [2.24, 2.45) is 0 Å². The molecule has 0 fully saturated rings. The van der Waals surface area contributed by atoms with Gasteiger partial charge in [-0.3, -0.25) is 29.0 Å². The summed E-state index contributed by atoms with van der Waals surface area (Å²) in [5, 5.41) is 0.936. The average Bonchev–Trinajstić information content (AvgIpc) is 3.43. The second-order valence-corrected chi connectivity index (χ2v) is 8.43. The maximum Gasteiger partial charge on any atom is 0.261 e. The number of amides is 4. The Morgan fingerprint density at radius 2 is 1.06 bits per heavy atom. The van der Waals surface area contributed by atoms with Crippen LogP contribution in [0.15, 0.2) is 72.8 Å². The van der Waals surface area contributed by atoms with Crippen LogP contribution < -0.4 is 0 Å². The molecule has 3 aromatic carbocycles. The van der Waals surface area contributed by atoms with Crippen LogP contribution in [0.2, 0.25) is 0 Å². The summed E-state index contributed by atoms with van der Waals surface area (Å²) < 4.78 is 0. The number of hydrogen-bond acceptors (Lipinski definition) is 4. The summed E-state index contributed by atoms with van der Waals surface area (Å²) in [6.07, 6.45) is 0.397. The topological polar surface area (TPSA) is 90.6 Å². The molecule has 0 spiro atoms. The molecule has 0 unspecified atom stereocenters. The maximum absolute atomic E-state index is 12.9. The van der Waals surface area contributed by atoms with Crippen molar-refractivity contribution < 1.29 is 19.2 Å². The van der Waals surface area contributed by atoms with Gasteiger partial charge in [-0.05, 0) is 42.3 Å². The third kappa shape index (κ3) is 2.90. The Morgan fingerprint density at radius 1 is 0.588 bits per heavy atom. The van der Waals surface area contributed by atoms with Crippen molar-refractivity contribution in [1.82, 2.24) is 14.8 Å². The Morgan fingerprint density at radius 3 is 1.62 bits per heavy atom. The number of para-hydroxylation sites is 1. The molecule has 4 aromatic rings. The predicted molar refractivity (Wildman–Crippen MR) is 124 cm³/mol. The molecule has 1 N–H and O–H groups in total. The molecule has 1 aromatic heterocycles. The first kappa shape index (κ1) is 20.1. The number of H-pyrrole nitrogens is 1. The zero-order chi connectivity index (χ0) is 23.4. The number of carbonyl (C=O) groups excluding carboxylic acids is 4. The van der Waals surface area contributed by atoms with E-state index in [-0.39, 0.29) is 36.7 Å². The molecular formula is C27H19N3O4. The lowest BCUT2D eigenvalue weighted by Gasteiger charge is -2.17. The van der Waals surface area contributed by atoms with Gasteiger partial charge in [-0.2, -0.15) is 0 Å². The number of fused-ring (bicyclic) bond motifs is 3. The minimum atomic E-state index is -0.328. The maximum atomic E-state index is 12.9. The van der Waals surface area contributed by atoms with Crippen LogP contribution >= 0.6 is 0 Å². The minimum absolute atomic E-state index is 0.0818. The molecule has 7 nitrogen and oxygen atoms in total. The van der Waals surface area contributed by atoms with E-state index in [9.17, 15) is 19.2 Å². The lowest BCUT2D eigenvalue weighted by molar-refractivity contribution is 0.0635. The number of aromatic nitrogens is 1. The number of nitrogens with zero attached hydrogens (tertiary/aromatic N) is 2. The van der Waals surface area contributed by atoms with Crippen molar-refractivity contribution in [1.29, 1.82) is 0 Å². The van der Waals surface area contributed by atoms with Crippen LogP contribution in [0.1, 0.15) is 52.7 Å². The summed E-state index contributed by atoms with van der Waals surface area (Å²) in [4.78, 5) is 57.3. The van der Waals surface area contributed by atoms with Crippen molar-refractivity contribution in [3.05, 3.63) is 106 Å². The van der Waals surface area contributed by atoms with Gasteiger partial charge in [0.15, 0.2) is 0 Å². The molecule has 0 saturated carbocycles. The van der Waals surface area contributed by atoms with Gasteiger partial charge in [0.2, 0.25) is 0 Å². The van der Waals surface area contributed by atoms with Crippen molar-refractivity contribution in [2.75, 3.05) is 6.54 Å². The first-order chi connectivity index (χ1) is 16.5. The van der Waals surface area contributed by atoms with E-state index in [2.05, 4.69) is 4.98 Å². The number of nitrogens with one attached hydrogen (secondary N) is 1. The Kier molecular flexibility index (Phi) is 4.45. The van der Waals surface area contributed by atoms with E-state index in [1.807, 2.05) is 24.3 Å². The highest BCUT2D eigenvalue weighted by Gasteiger charge is 2.37. The Hall–Kier alpha value is -4.52. The Bertz CT molecular complexity index is 1460. The highest BCUT2D eigenvalue weighted by Crippen LogP contribution is 2.30. The van der Waals surface area contributed by atoms with Crippen molar-refractivity contribution in [3.8, 4) is 0 Å². The van der Waals surface area contributed by atoms with Gasteiger partial charge in [0.25, 0.3) is 23.6 Å². The molecule has 7 heteroatoms. The van der Waals surface area contributed by atoms with Crippen molar-refractivity contribution >= 4 is 34.5 Å². The quantitative estimate of drug-likeness (QED) is 0.469. The van der Waals surface area contributed by atoms with E-state index in [0.29, 0.717) is 34.4 Å². The van der Waals surface area contributed by atoms with Crippen LogP contribution in [-0.2, 0) is 13.0 Å². The molecule has 0 aliphatic carbocycles. The first-order valence-corrected chi connectivity index (χ1v) is 11.0. The fraction of sp³-hybridized carbons (Fsp3) is 0.111. The van der Waals surface area contributed by atoms with Gasteiger partial charge in [-0.25, -0.2) is 0 Å². The SMILES string of the molecule is O=C1c2ccccc2C(=O)N1CCc1c(CN2C(=O)c3ccccc3C2=O)[nH]c2ccccc12. The van der Waals surface area contributed by atoms with Crippen molar-refractivity contribution in [2.45, 2.75) is 13.0 Å². The van der Waals surface area contributed by atoms with E-state index in [1.165, 1.54) is 9.80 Å². The summed E-state index contributed by atoms with van der Waals surface area (Å²) >= 11 is 0. The second kappa shape index (κ2) is 7.52. The number of rotatable bonds is 5. The molecular weight excluding hydrogens is 430 g/mol. The largest absolute Gasteiger partial charge is 0.357 e. The van der Waals surface area contributed by atoms with E-state index in [0.717, 1.165) is 16.5 Å². The van der Waals surface area contributed by atoms with Gasteiger partial charge >= 0.3 is 0 Å². The molecule has 0 saturated heterocycles. The zero-order valence-corrected chi connectivity index (χ0v) is 18.1. The number of hydrogen-bond donors (Lipinski definition) is 1. The third-order valence-electron chi connectivity index (χ3n) is 6.56. The molecule has 4 amide bonds. The Labute approximate surface area is 194 Å². The van der Waals surface area contributed by atoms with Gasteiger partial charge in [-0.1, -0.05) is 42.5 Å². The van der Waals surface area contributed by atoms with Crippen LogP contribution in [0.4, 0.5) is 0 Å². The zero-order valence-electron chi connectivity index (χ0n) is 18.1. The smallest absolute Gasteiger partial charge is 0.261 e. The van der Waals surface area contributed by atoms with Crippen LogP contribution in [0.25, 0.3) is 10.9 Å². The molecule has 3 heterocycles. The highest BCUT2D eigenvalue weighted by atomic mass is 16.2. The van der Waals surface area contributed by atoms with Gasteiger partial charge in [0.05, 0.1) is 28.8 Å². The molecule has 6 rings (SSSR count). The molecule has 0 radical (unpaired) electrons. The summed E-state index contributed by atoms with van der Waals surface area (Å²) in [6, 6.07) is 21.3. The number of imide groups is 2. The fourth-order valence-electron chi connectivity index (χ4n) is 4.88. The van der Waals surface area contributed by atoms with Gasteiger partial charge in [0.1, 0.15) is 0 Å². The summed E-state index contributed by atoms with van der Waals surface area (Å²) in [7, 11) is 0. The predicted octanol–water partition coefficient (Wildman–Crippen LogP) is 3.80. The van der Waals surface area contributed by atoms with Crippen molar-refractivity contribution in [3.63, 3.8) is 0 Å². The van der Waals surface area contributed by atoms with Gasteiger partial charge < -0.3 is 4.98 Å². The first-order valence-electron chi connectivity index (χ1n) is 11.0.